The van der Waals surface area contributed by atoms with E-state index in [1.807, 2.05) is 0 Å². The van der Waals surface area contributed by atoms with Gasteiger partial charge in [0.05, 0.1) is 10.0 Å². The van der Waals surface area contributed by atoms with Crippen molar-refractivity contribution in [2.45, 2.75) is 31.1 Å². The third-order valence-corrected chi connectivity index (χ3v) is 5.65. The van der Waals surface area contributed by atoms with Crippen LogP contribution in [0.5, 0.6) is 0 Å². The highest BCUT2D eigenvalue weighted by molar-refractivity contribution is 7.89. The second kappa shape index (κ2) is 5.76. The molecule has 0 unspecified atom stereocenters. The molecule has 0 heterocycles. The topological polar surface area (TPSA) is 89.3 Å². The molecule has 0 radical (unpaired) electrons. The molecule has 116 valence electrons. The summed E-state index contributed by atoms with van der Waals surface area (Å²) in [6.07, 6.45) is 3.29. The van der Waals surface area contributed by atoms with E-state index in [4.69, 9.17) is 28.3 Å². The zero-order valence-electron chi connectivity index (χ0n) is 11.4. The molecule has 0 bridgehead atoms. The Morgan fingerprint density at radius 3 is 2.48 bits per heavy atom. The highest BCUT2D eigenvalue weighted by atomic mass is 35.5. The predicted molar refractivity (Wildman–Crippen MR) is 82.1 cm³/mol. The van der Waals surface area contributed by atoms with Gasteiger partial charge in [0.25, 0.3) is 5.91 Å². The molecule has 8 heteroatoms. The summed E-state index contributed by atoms with van der Waals surface area (Å²) in [4.78, 5) is 11.8. The second-order valence-electron chi connectivity index (χ2n) is 5.66. The summed E-state index contributed by atoms with van der Waals surface area (Å²) in [6, 6.07) is 2.47. The van der Waals surface area contributed by atoms with Crippen molar-refractivity contribution in [3.05, 3.63) is 27.7 Å². The lowest BCUT2D eigenvalue weighted by atomic mass is 9.70. The minimum Gasteiger partial charge on any atom is -0.351 e. The van der Waals surface area contributed by atoms with Gasteiger partial charge >= 0.3 is 0 Å². The van der Waals surface area contributed by atoms with Crippen LogP contribution >= 0.6 is 23.2 Å². The SMILES string of the molecule is CC1(CNC(=O)c2cc(Cl)c(Cl)c(S(N)(=O)=O)c2)CCC1. The van der Waals surface area contributed by atoms with Crippen LogP contribution in [0.3, 0.4) is 0 Å². The molecule has 2 rings (SSSR count). The molecule has 1 fully saturated rings. The molecule has 1 aliphatic carbocycles. The zero-order valence-corrected chi connectivity index (χ0v) is 13.8. The lowest BCUT2D eigenvalue weighted by molar-refractivity contribution is 0.0890. The standard InChI is InChI=1S/C13H16Cl2N2O3S/c1-13(3-2-4-13)7-17-12(18)8-5-9(14)11(15)10(6-8)21(16,19)20/h5-6H,2-4,7H2,1H3,(H,17,18)(H2,16,19,20). The van der Waals surface area contributed by atoms with Crippen molar-refractivity contribution >= 4 is 39.1 Å². The predicted octanol–water partition coefficient (Wildman–Crippen LogP) is 2.56. The number of amides is 1. The van der Waals surface area contributed by atoms with Gasteiger partial charge < -0.3 is 5.32 Å². The molecule has 5 nitrogen and oxygen atoms in total. The largest absolute Gasteiger partial charge is 0.351 e. The number of halogens is 2. The molecule has 1 amide bonds. The quantitative estimate of drug-likeness (QED) is 0.874. The molecule has 0 atom stereocenters. The van der Waals surface area contributed by atoms with Crippen molar-refractivity contribution in [1.82, 2.24) is 5.32 Å². The van der Waals surface area contributed by atoms with Crippen molar-refractivity contribution in [2.24, 2.45) is 10.6 Å². The normalized spacial score (nSPS) is 17.1. The number of primary sulfonamides is 1. The Hall–Kier alpha value is -0.820. The minimum atomic E-state index is -4.05. The van der Waals surface area contributed by atoms with Crippen LogP contribution in [0.2, 0.25) is 10.0 Å². The number of hydrogen-bond acceptors (Lipinski definition) is 3. The van der Waals surface area contributed by atoms with Gasteiger partial charge in [-0.15, -0.1) is 0 Å². The van der Waals surface area contributed by atoms with Crippen molar-refractivity contribution in [3.8, 4) is 0 Å². The fourth-order valence-electron chi connectivity index (χ4n) is 2.25. The van der Waals surface area contributed by atoms with Crippen LogP contribution in [-0.2, 0) is 10.0 Å². The molecule has 1 aliphatic rings. The van der Waals surface area contributed by atoms with Crippen LogP contribution in [0.4, 0.5) is 0 Å². The Bertz CT molecular complexity index is 685. The van der Waals surface area contributed by atoms with Crippen LogP contribution in [0.1, 0.15) is 36.5 Å². The molecular formula is C13H16Cl2N2O3S. The maximum absolute atomic E-state index is 12.1. The lowest BCUT2D eigenvalue weighted by Crippen LogP contribution is -2.40. The number of carbonyl (C=O) groups excluding carboxylic acids is 1. The van der Waals surface area contributed by atoms with Crippen LogP contribution in [0, 0.1) is 5.41 Å². The van der Waals surface area contributed by atoms with Gasteiger partial charge in [0.2, 0.25) is 10.0 Å². The molecule has 0 aliphatic heterocycles. The van der Waals surface area contributed by atoms with E-state index in [1.54, 1.807) is 0 Å². The molecule has 1 aromatic carbocycles. The van der Waals surface area contributed by atoms with E-state index < -0.39 is 15.9 Å². The van der Waals surface area contributed by atoms with E-state index in [1.165, 1.54) is 6.07 Å². The first kappa shape index (κ1) is 16.5. The first-order chi connectivity index (χ1) is 9.62. The number of hydrogen-bond donors (Lipinski definition) is 2. The molecule has 1 aromatic rings. The van der Waals surface area contributed by atoms with E-state index >= 15 is 0 Å². The van der Waals surface area contributed by atoms with Crippen LogP contribution in [0.25, 0.3) is 0 Å². The number of sulfonamides is 1. The number of carbonyl (C=O) groups is 1. The second-order valence-corrected chi connectivity index (χ2v) is 7.98. The van der Waals surface area contributed by atoms with E-state index in [0.29, 0.717) is 6.54 Å². The van der Waals surface area contributed by atoms with Gasteiger partial charge in [0.15, 0.2) is 0 Å². The van der Waals surface area contributed by atoms with E-state index in [2.05, 4.69) is 12.2 Å². The van der Waals surface area contributed by atoms with Crippen molar-refractivity contribution < 1.29 is 13.2 Å². The third-order valence-electron chi connectivity index (χ3n) is 3.80. The molecule has 1 saturated carbocycles. The molecular weight excluding hydrogens is 335 g/mol. The molecule has 0 aromatic heterocycles. The maximum atomic E-state index is 12.1. The highest BCUT2D eigenvalue weighted by Gasteiger charge is 2.32. The number of rotatable bonds is 4. The minimum absolute atomic E-state index is 0.0248. The Labute approximate surface area is 133 Å². The average Bonchev–Trinajstić information content (AvgIpc) is 2.35. The highest BCUT2D eigenvalue weighted by Crippen LogP contribution is 2.39. The van der Waals surface area contributed by atoms with Gasteiger partial charge in [-0.1, -0.05) is 36.5 Å². The van der Waals surface area contributed by atoms with E-state index in [-0.39, 0.29) is 25.9 Å². The van der Waals surface area contributed by atoms with Crippen LogP contribution < -0.4 is 10.5 Å². The monoisotopic (exact) mass is 350 g/mol. The molecule has 0 spiro atoms. The lowest BCUT2D eigenvalue weighted by Gasteiger charge is -2.38. The van der Waals surface area contributed by atoms with Crippen molar-refractivity contribution in [1.29, 1.82) is 0 Å². The summed E-state index contributed by atoms with van der Waals surface area (Å²) in [5.41, 5.74) is 0.241. The Kier molecular flexibility index (Phi) is 4.54. The number of nitrogens with two attached hydrogens (primary N) is 1. The summed E-state index contributed by atoms with van der Waals surface area (Å²) < 4.78 is 22.9. The zero-order chi connectivity index (χ0) is 15.8. The number of benzene rings is 1. The van der Waals surface area contributed by atoms with Gasteiger partial charge in [-0.25, -0.2) is 13.6 Å². The molecule has 3 N–H and O–H groups in total. The third kappa shape index (κ3) is 3.69. The smallest absolute Gasteiger partial charge is 0.251 e. The van der Waals surface area contributed by atoms with Crippen molar-refractivity contribution in [2.75, 3.05) is 6.54 Å². The van der Waals surface area contributed by atoms with E-state index in [9.17, 15) is 13.2 Å². The van der Waals surface area contributed by atoms with Crippen molar-refractivity contribution in [3.63, 3.8) is 0 Å². The summed E-state index contributed by atoms with van der Waals surface area (Å²) in [6.45, 7) is 2.64. The Morgan fingerprint density at radius 2 is 2.00 bits per heavy atom. The molecule has 21 heavy (non-hydrogen) atoms. The first-order valence-electron chi connectivity index (χ1n) is 6.42. The fourth-order valence-corrected chi connectivity index (χ4v) is 3.61. The van der Waals surface area contributed by atoms with Gasteiger partial charge in [0, 0.05) is 12.1 Å². The van der Waals surface area contributed by atoms with Crippen LogP contribution in [-0.4, -0.2) is 20.9 Å². The summed E-state index contributed by atoms with van der Waals surface area (Å²) in [5.74, 6) is -0.397. The van der Waals surface area contributed by atoms with Crippen LogP contribution in [0.15, 0.2) is 17.0 Å². The number of nitrogens with one attached hydrogen (secondary N) is 1. The van der Waals surface area contributed by atoms with Gasteiger partial charge in [0.1, 0.15) is 4.90 Å². The summed E-state index contributed by atoms with van der Waals surface area (Å²) >= 11 is 11.7. The maximum Gasteiger partial charge on any atom is 0.251 e. The first-order valence-corrected chi connectivity index (χ1v) is 8.73. The Balaban J connectivity index is 2.23. The van der Waals surface area contributed by atoms with E-state index in [0.717, 1.165) is 25.3 Å². The fraction of sp³-hybridized carbons (Fsp3) is 0.462. The summed E-state index contributed by atoms with van der Waals surface area (Å²) in [5, 5.41) is 7.65. The Morgan fingerprint density at radius 1 is 1.38 bits per heavy atom. The summed E-state index contributed by atoms with van der Waals surface area (Å²) in [7, 11) is -4.05. The van der Waals surface area contributed by atoms with Gasteiger partial charge in [-0.2, -0.15) is 0 Å². The van der Waals surface area contributed by atoms with Gasteiger partial charge in [-0.3, -0.25) is 4.79 Å². The average molecular weight is 351 g/mol. The van der Waals surface area contributed by atoms with Gasteiger partial charge in [-0.05, 0) is 30.4 Å². The molecule has 0 saturated heterocycles.